The van der Waals surface area contributed by atoms with Crippen LogP contribution in [0.3, 0.4) is 0 Å². The van der Waals surface area contributed by atoms with Gasteiger partial charge in [0.15, 0.2) is 0 Å². The van der Waals surface area contributed by atoms with Crippen molar-refractivity contribution in [2.45, 2.75) is 32.2 Å². The smallest absolute Gasteiger partial charge is 0.328 e. The molecule has 0 unspecified atom stereocenters. The molecule has 0 aromatic heterocycles. The summed E-state index contributed by atoms with van der Waals surface area (Å²) in [5, 5.41) is 13.7. The molecular weight excluding hydrogens is 366 g/mol. The van der Waals surface area contributed by atoms with Gasteiger partial charge >= 0.3 is 5.97 Å². The molecule has 0 atom stereocenters. The third-order valence-electron chi connectivity index (χ3n) is 4.78. The molecule has 0 aliphatic rings. The maximum atomic E-state index is 12.8. The molecule has 29 heavy (non-hydrogen) atoms. The van der Waals surface area contributed by atoms with Crippen molar-refractivity contribution in [3.05, 3.63) is 77.9 Å². The lowest BCUT2D eigenvalue weighted by Gasteiger charge is -2.22. The number of ether oxygens (including phenoxy) is 1. The van der Waals surface area contributed by atoms with Gasteiger partial charge in [-0.2, -0.15) is 0 Å². The van der Waals surface area contributed by atoms with Crippen LogP contribution in [0.2, 0.25) is 0 Å². The lowest BCUT2D eigenvalue weighted by atomic mass is 10.0. The number of nitrogens with one attached hydrogen (secondary N) is 1. The Balaban J connectivity index is 1.82. The van der Waals surface area contributed by atoms with Gasteiger partial charge in [0, 0.05) is 5.39 Å². The average molecular weight is 391 g/mol. The van der Waals surface area contributed by atoms with Crippen molar-refractivity contribution in [3.63, 3.8) is 0 Å². The van der Waals surface area contributed by atoms with Gasteiger partial charge in [-0.3, -0.25) is 4.79 Å². The zero-order valence-corrected chi connectivity index (χ0v) is 16.6. The van der Waals surface area contributed by atoms with Gasteiger partial charge in [-0.25, -0.2) is 4.79 Å². The van der Waals surface area contributed by atoms with Crippen LogP contribution in [-0.4, -0.2) is 29.1 Å². The van der Waals surface area contributed by atoms with Gasteiger partial charge in [0.05, 0.1) is 12.2 Å². The van der Waals surface area contributed by atoms with E-state index in [1.54, 1.807) is 6.07 Å². The fourth-order valence-electron chi connectivity index (χ4n) is 3.08. The standard InChI is InChI=1S/C24H25NO4/c1-24(2,23(27)28)25-22(26)20-15-14-18-12-6-7-13-19(18)21(20)29-16-8-11-17-9-4-3-5-10-17/h3-7,9-10,12-15H,8,11,16H2,1-2H3,(H,25,26)(H,27,28). The number of benzene rings is 3. The average Bonchev–Trinajstić information content (AvgIpc) is 2.71. The third-order valence-corrected chi connectivity index (χ3v) is 4.78. The van der Waals surface area contributed by atoms with Crippen molar-refractivity contribution < 1.29 is 19.4 Å². The van der Waals surface area contributed by atoms with E-state index in [2.05, 4.69) is 17.4 Å². The second-order valence-electron chi connectivity index (χ2n) is 7.49. The minimum absolute atomic E-state index is 0.331. The number of carboxylic acids is 1. The van der Waals surface area contributed by atoms with Crippen LogP contribution in [0.1, 0.15) is 36.2 Å². The van der Waals surface area contributed by atoms with Crippen LogP contribution in [0.5, 0.6) is 5.75 Å². The lowest BCUT2D eigenvalue weighted by Crippen LogP contribution is -2.49. The van der Waals surface area contributed by atoms with E-state index < -0.39 is 17.4 Å². The topological polar surface area (TPSA) is 75.6 Å². The molecule has 0 saturated heterocycles. The van der Waals surface area contributed by atoms with Crippen LogP contribution < -0.4 is 10.1 Å². The lowest BCUT2D eigenvalue weighted by molar-refractivity contribution is -0.143. The molecule has 0 aliphatic carbocycles. The summed E-state index contributed by atoms with van der Waals surface area (Å²) in [5.74, 6) is -1.09. The highest BCUT2D eigenvalue weighted by atomic mass is 16.5. The highest BCUT2D eigenvalue weighted by Crippen LogP contribution is 2.30. The Morgan fingerprint density at radius 3 is 2.38 bits per heavy atom. The van der Waals surface area contributed by atoms with E-state index >= 15 is 0 Å². The van der Waals surface area contributed by atoms with E-state index in [1.807, 2.05) is 48.5 Å². The maximum Gasteiger partial charge on any atom is 0.328 e. The first-order valence-electron chi connectivity index (χ1n) is 9.63. The number of aliphatic carboxylic acids is 1. The van der Waals surface area contributed by atoms with Gasteiger partial charge in [0.25, 0.3) is 5.91 Å². The summed E-state index contributed by atoms with van der Waals surface area (Å²) >= 11 is 0. The molecule has 5 nitrogen and oxygen atoms in total. The fourth-order valence-corrected chi connectivity index (χ4v) is 3.08. The summed E-state index contributed by atoms with van der Waals surface area (Å²) in [7, 11) is 0. The number of aryl methyl sites for hydroxylation is 1. The van der Waals surface area contributed by atoms with Crippen molar-refractivity contribution in [2.75, 3.05) is 6.61 Å². The van der Waals surface area contributed by atoms with E-state index in [0.717, 1.165) is 23.6 Å². The molecule has 0 bridgehead atoms. The maximum absolute atomic E-state index is 12.8. The molecule has 0 heterocycles. The molecule has 0 spiro atoms. The Labute approximate surface area is 170 Å². The normalized spacial score (nSPS) is 11.2. The number of hydrogen-bond acceptors (Lipinski definition) is 3. The molecule has 0 radical (unpaired) electrons. The van der Waals surface area contributed by atoms with E-state index in [-0.39, 0.29) is 0 Å². The summed E-state index contributed by atoms with van der Waals surface area (Å²) in [6, 6.07) is 21.3. The van der Waals surface area contributed by atoms with Crippen LogP contribution in [0.15, 0.2) is 66.7 Å². The van der Waals surface area contributed by atoms with E-state index in [4.69, 9.17) is 4.74 Å². The highest BCUT2D eigenvalue weighted by Gasteiger charge is 2.30. The number of amides is 1. The van der Waals surface area contributed by atoms with Crippen molar-refractivity contribution in [3.8, 4) is 5.75 Å². The minimum Gasteiger partial charge on any atom is -0.492 e. The zero-order valence-electron chi connectivity index (χ0n) is 16.6. The molecule has 0 aliphatic heterocycles. The van der Waals surface area contributed by atoms with Gasteiger partial charge in [0.2, 0.25) is 0 Å². The molecule has 3 aromatic rings. The second-order valence-corrected chi connectivity index (χ2v) is 7.49. The first kappa shape index (κ1) is 20.4. The van der Waals surface area contributed by atoms with E-state index in [9.17, 15) is 14.7 Å². The monoisotopic (exact) mass is 391 g/mol. The van der Waals surface area contributed by atoms with Gasteiger partial charge in [-0.15, -0.1) is 0 Å². The quantitative estimate of drug-likeness (QED) is 0.557. The number of rotatable bonds is 8. The first-order chi connectivity index (χ1) is 13.9. The van der Waals surface area contributed by atoms with E-state index in [0.29, 0.717) is 17.9 Å². The second kappa shape index (κ2) is 8.78. The Morgan fingerprint density at radius 2 is 1.66 bits per heavy atom. The molecule has 5 heteroatoms. The van der Waals surface area contributed by atoms with Gasteiger partial charge in [-0.05, 0) is 43.7 Å². The number of carbonyl (C=O) groups excluding carboxylic acids is 1. The van der Waals surface area contributed by atoms with Crippen molar-refractivity contribution in [2.24, 2.45) is 0 Å². The summed E-state index contributed by atoms with van der Waals surface area (Å²) in [6.45, 7) is 3.36. The van der Waals surface area contributed by atoms with Crippen LogP contribution in [0.25, 0.3) is 10.8 Å². The Kier molecular flexibility index (Phi) is 6.17. The third kappa shape index (κ3) is 4.93. The number of hydrogen-bond donors (Lipinski definition) is 2. The number of carboxylic acid groups (broad SMARTS) is 1. The molecule has 0 saturated carbocycles. The highest BCUT2D eigenvalue weighted by molar-refractivity contribution is 6.05. The first-order valence-corrected chi connectivity index (χ1v) is 9.63. The molecule has 0 fully saturated rings. The predicted octanol–water partition coefficient (Wildman–Crippen LogP) is 4.44. The fraction of sp³-hybridized carbons (Fsp3) is 0.250. The van der Waals surface area contributed by atoms with Gasteiger partial charge in [0.1, 0.15) is 11.3 Å². The summed E-state index contributed by atoms with van der Waals surface area (Å²) in [5.41, 5.74) is 0.181. The Hall–Kier alpha value is -3.34. The largest absolute Gasteiger partial charge is 0.492 e. The van der Waals surface area contributed by atoms with Crippen molar-refractivity contribution in [1.29, 1.82) is 0 Å². The van der Waals surface area contributed by atoms with Crippen LogP contribution >= 0.6 is 0 Å². The molecule has 3 aromatic carbocycles. The summed E-state index contributed by atoms with van der Waals surface area (Å²) in [6.07, 6.45) is 1.67. The molecule has 3 rings (SSSR count). The Bertz CT molecular complexity index is 1010. The van der Waals surface area contributed by atoms with Gasteiger partial charge < -0.3 is 15.2 Å². The molecule has 150 valence electrons. The SMILES string of the molecule is CC(C)(NC(=O)c1ccc2ccccc2c1OCCCc1ccccc1)C(=O)O. The Morgan fingerprint density at radius 1 is 0.966 bits per heavy atom. The van der Waals surface area contributed by atoms with Gasteiger partial charge in [-0.1, -0.05) is 60.7 Å². The van der Waals surface area contributed by atoms with Crippen molar-refractivity contribution >= 4 is 22.6 Å². The summed E-state index contributed by atoms with van der Waals surface area (Å²) in [4.78, 5) is 24.2. The van der Waals surface area contributed by atoms with E-state index in [1.165, 1.54) is 19.4 Å². The predicted molar refractivity (Wildman–Crippen MR) is 113 cm³/mol. The number of carbonyl (C=O) groups is 2. The molecular formula is C24H25NO4. The van der Waals surface area contributed by atoms with Crippen LogP contribution in [0, 0.1) is 0 Å². The van der Waals surface area contributed by atoms with Crippen molar-refractivity contribution in [1.82, 2.24) is 5.32 Å². The zero-order chi connectivity index (χ0) is 20.9. The number of fused-ring (bicyclic) bond motifs is 1. The van der Waals surface area contributed by atoms with Crippen LogP contribution in [0.4, 0.5) is 0 Å². The molecule has 2 N–H and O–H groups in total. The summed E-state index contributed by atoms with van der Waals surface area (Å²) < 4.78 is 6.06. The van der Waals surface area contributed by atoms with Crippen LogP contribution in [-0.2, 0) is 11.2 Å². The molecule has 1 amide bonds. The minimum atomic E-state index is -1.38.